The molecule has 3 rings (SSSR count). The minimum absolute atomic E-state index is 0.00600. The Balaban J connectivity index is 1.69. The lowest BCUT2D eigenvalue weighted by molar-refractivity contribution is 0.102. The zero-order valence-electron chi connectivity index (χ0n) is 15.9. The number of nitrogens with one attached hydrogen (secondary N) is 3. The van der Waals surface area contributed by atoms with Gasteiger partial charge in [0.2, 0.25) is 0 Å². The molecule has 3 N–H and O–H groups in total. The van der Waals surface area contributed by atoms with Gasteiger partial charge in [0.25, 0.3) is 5.91 Å². The number of urea groups is 1. The molecular weight excluding hydrogens is 361 g/mol. The lowest BCUT2D eigenvalue weighted by Gasteiger charge is -2.13. The summed E-state index contributed by atoms with van der Waals surface area (Å²) in [6.45, 7) is 4.26. The number of hydrogen-bond acceptors (Lipinski definition) is 3. The Morgan fingerprint density at radius 1 is 1.14 bits per heavy atom. The Morgan fingerprint density at radius 2 is 1.93 bits per heavy atom. The second-order valence-corrected chi connectivity index (χ2v) is 7.18. The molecule has 3 amide bonds. The Bertz CT molecular complexity index is 866. The summed E-state index contributed by atoms with van der Waals surface area (Å²) in [7, 11) is 0. The SMILES string of the molecule is CC(C)NC(=O)Nc1cccc(C(=O)Nc2cc(F)ccc2OCC2CC2)c1. The number of hydrogen-bond donors (Lipinski definition) is 3. The van der Waals surface area contributed by atoms with E-state index in [4.69, 9.17) is 4.74 Å². The molecule has 0 bridgehead atoms. The predicted octanol–water partition coefficient (Wildman–Crippen LogP) is 4.40. The third-order valence-electron chi connectivity index (χ3n) is 4.16. The molecule has 1 fully saturated rings. The van der Waals surface area contributed by atoms with Gasteiger partial charge in [-0.05, 0) is 62.9 Å². The molecule has 1 aliphatic rings. The normalized spacial score (nSPS) is 13.1. The van der Waals surface area contributed by atoms with Gasteiger partial charge in [0.15, 0.2) is 0 Å². The minimum Gasteiger partial charge on any atom is -0.491 e. The van der Waals surface area contributed by atoms with Gasteiger partial charge in [0.1, 0.15) is 11.6 Å². The molecule has 0 atom stereocenters. The Hall–Kier alpha value is -3.09. The highest BCUT2D eigenvalue weighted by Gasteiger charge is 2.22. The van der Waals surface area contributed by atoms with E-state index in [0.717, 1.165) is 12.8 Å². The van der Waals surface area contributed by atoms with E-state index in [1.807, 2.05) is 13.8 Å². The number of anilines is 2. The van der Waals surface area contributed by atoms with Crippen LogP contribution in [0.2, 0.25) is 0 Å². The third-order valence-corrected chi connectivity index (χ3v) is 4.16. The highest BCUT2D eigenvalue weighted by Crippen LogP contribution is 2.32. The van der Waals surface area contributed by atoms with Crippen LogP contribution in [0.15, 0.2) is 42.5 Å². The van der Waals surface area contributed by atoms with Crippen LogP contribution in [-0.2, 0) is 0 Å². The smallest absolute Gasteiger partial charge is 0.319 e. The molecule has 2 aromatic rings. The van der Waals surface area contributed by atoms with E-state index in [9.17, 15) is 14.0 Å². The molecule has 6 nitrogen and oxygen atoms in total. The molecule has 28 heavy (non-hydrogen) atoms. The maximum Gasteiger partial charge on any atom is 0.319 e. The molecule has 0 radical (unpaired) electrons. The van der Waals surface area contributed by atoms with Crippen LogP contribution in [0.5, 0.6) is 5.75 Å². The lowest BCUT2D eigenvalue weighted by atomic mass is 10.1. The van der Waals surface area contributed by atoms with E-state index in [1.165, 1.54) is 18.2 Å². The fourth-order valence-corrected chi connectivity index (χ4v) is 2.58. The molecule has 7 heteroatoms. The van der Waals surface area contributed by atoms with E-state index in [2.05, 4.69) is 16.0 Å². The molecule has 0 spiro atoms. The van der Waals surface area contributed by atoms with Crippen LogP contribution in [0, 0.1) is 11.7 Å². The van der Waals surface area contributed by atoms with Crippen molar-refractivity contribution < 1.29 is 18.7 Å². The molecule has 0 unspecified atom stereocenters. The van der Waals surface area contributed by atoms with Crippen molar-refractivity contribution in [3.8, 4) is 5.75 Å². The van der Waals surface area contributed by atoms with Gasteiger partial charge in [0.05, 0.1) is 12.3 Å². The van der Waals surface area contributed by atoms with Crippen LogP contribution < -0.4 is 20.7 Å². The van der Waals surface area contributed by atoms with Crippen molar-refractivity contribution in [2.75, 3.05) is 17.2 Å². The molecular formula is C21H24FN3O3. The van der Waals surface area contributed by atoms with Crippen molar-refractivity contribution in [2.24, 2.45) is 5.92 Å². The molecule has 2 aromatic carbocycles. The third kappa shape index (κ3) is 5.70. The van der Waals surface area contributed by atoms with Gasteiger partial charge in [-0.2, -0.15) is 0 Å². The predicted molar refractivity (Wildman–Crippen MR) is 106 cm³/mol. The number of rotatable bonds is 7. The largest absolute Gasteiger partial charge is 0.491 e. The fraction of sp³-hybridized carbons (Fsp3) is 0.333. The molecule has 0 aromatic heterocycles. The summed E-state index contributed by atoms with van der Waals surface area (Å²) in [6.07, 6.45) is 2.26. The number of amides is 3. The van der Waals surface area contributed by atoms with Gasteiger partial charge in [-0.1, -0.05) is 6.07 Å². The first-order valence-corrected chi connectivity index (χ1v) is 9.32. The van der Waals surface area contributed by atoms with Crippen LogP contribution in [0.1, 0.15) is 37.0 Å². The van der Waals surface area contributed by atoms with Crippen molar-refractivity contribution in [3.63, 3.8) is 0 Å². The van der Waals surface area contributed by atoms with Crippen molar-refractivity contribution in [1.29, 1.82) is 0 Å². The first-order valence-electron chi connectivity index (χ1n) is 9.32. The minimum atomic E-state index is -0.463. The summed E-state index contributed by atoms with van der Waals surface area (Å²) in [5.41, 5.74) is 1.09. The Labute approximate surface area is 163 Å². The summed E-state index contributed by atoms with van der Waals surface area (Å²) < 4.78 is 19.4. The molecule has 0 aliphatic heterocycles. The summed E-state index contributed by atoms with van der Waals surface area (Å²) in [5.74, 6) is 0.0882. The monoisotopic (exact) mass is 385 g/mol. The maximum absolute atomic E-state index is 13.7. The molecule has 148 valence electrons. The molecule has 0 heterocycles. The van der Waals surface area contributed by atoms with Gasteiger partial charge in [-0.15, -0.1) is 0 Å². The number of halogens is 1. The van der Waals surface area contributed by atoms with Crippen molar-refractivity contribution in [3.05, 3.63) is 53.8 Å². The maximum atomic E-state index is 13.7. The van der Waals surface area contributed by atoms with Gasteiger partial charge in [-0.3, -0.25) is 4.79 Å². The summed E-state index contributed by atoms with van der Waals surface area (Å²) in [6, 6.07) is 10.2. The zero-order valence-corrected chi connectivity index (χ0v) is 15.9. The van der Waals surface area contributed by atoms with Crippen LogP contribution in [0.25, 0.3) is 0 Å². The van der Waals surface area contributed by atoms with Crippen LogP contribution >= 0.6 is 0 Å². The van der Waals surface area contributed by atoms with E-state index >= 15 is 0 Å². The highest BCUT2D eigenvalue weighted by molar-refractivity contribution is 6.06. The van der Waals surface area contributed by atoms with Crippen molar-refractivity contribution >= 4 is 23.3 Å². The molecule has 1 saturated carbocycles. The topological polar surface area (TPSA) is 79.5 Å². The summed E-state index contributed by atoms with van der Waals surface area (Å²) >= 11 is 0. The van der Waals surface area contributed by atoms with E-state index in [1.54, 1.807) is 24.3 Å². The first kappa shape index (κ1) is 19.7. The quantitative estimate of drug-likeness (QED) is 0.661. The molecule has 0 saturated heterocycles. The fourth-order valence-electron chi connectivity index (χ4n) is 2.58. The van der Waals surface area contributed by atoms with Crippen LogP contribution in [0.4, 0.5) is 20.6 Å². The highest BCUT2D eigenvalue weighted by atomic mass is 19.1. The standard InChI is InChI=1S/C21H24FN3O3/c1-13(2)23-21(27)24-17-5-3-4-15(10-17)20(26)25-18-11-16(22)8-9-19(18)28-12-14-6-7-14/h3-5,8-11,13-14H,6-7,12H2,1-2H3,(H,25,26)(H2,23,24,27). The van der Waals surface area contributed by atoms with Crippen molar-refractivity contribution in [2.45, 2.75) is 32.7 Å². The van der Waals surface area contributed by atoms with Crippen molar-refractivity contribution in [1.82, 2.24) is 5.32 Å². The second-order valence-electron chi connectivity index (χ2n) is 7.18. The van der Waals surface area contributed by atoms with Gasteiger partial charge >= 0.3 is 6.03 Å². The Morgan fingerprint density at radius 3 is 2.64 bits per heavy atom. The van der Waals surface area contributed by atoms with Gasteiger partial charge in [-0.25, -0.2) is 9.18 Å². The van der Waals surface area contributed by atoms with Gasteiger partial charge in [0, 0.05) is 23.4 Å². The number of ether oxygens (including phenoxy) is 1. The van der Waals surface area contributed by atoms with E-state index < -0.39 is 11.7 Å². The summed E-state index contributed by atoms with van der Waals surface area (Å²) in [4.78, 5) is 24.5. The first-order chi connectivity index (χ1) is 13.4. The van der Waals surface area contributed by atoms with E-state index in [0.29, 0.717) is 29.5 Å². The second kappa shape index (κ2) is 8.73. The molecule has 1 aliphatic carbocycles. The van der Waals surface area contributed by atoms with Crippen LogP contribution in [0.3, 0.4) is 0 Å². The lowest BCUT2D eigenvalue weighted by Crippen LogP contribution is -2.34. The zero-order chi connectivity index (χ0) is 20.1. The number of carbonyl (C=O) groups is 2. The number of carbonyl (C=O) groups excluding carboxylic acids is 2. The Kier molecular flexibility index (Phi) is 6.13. The average Bonchev–Trinajstić information content (AvgIpc) is 3.45. The summed E-state index contributed by atoms with van der Waals surface area (Å²) in [5, 5.41) is 8.08. The van der Waals surface area contributed by atoms with E-state index in [-0.39, 0.29) is 17.8 Å². The van der Waals surface area contributed by atoms with Crippen LogP contribution in [-0.4, -0.2) is 24.6 Å². The van der Waals surface area contributed by atoms with Gasteiger partial charge < -0.3 is 20.7 Å². The number of benzene rings is 2. The average molecular weight is 385 g/mol.